The number of nitrogens with zero attached hydrogens (tertiary/aromatic N) is 2. The monoisotopic (exact) mass is 478 g/mol. The minimum absolute atomic E-state index is 0.0786. The standard InChI is InChI=1S/C25H23BrN2O3/c1-3-30-23-6-4-5-20-22-15-21(16-7-11-18(26)12-8-16)27-28(22)25(31-24(20)23)17-9-13-19(29-2)14-10-17/h4-14,22,25H,3,15H2,1-2H3/t22-,25+/m0/s1. The van der Waals surface area contributed by atoms with Crippen molar-refractivity contribution in [1.82, 2.24) is 5.01 Å². The Morgan fingerprint density at radius 1 is 1.06 bits per heavy atom. The molecule has 2 heterocycles. The minimum Gasteiger partial charge on any atom is -0.497 e. The number of hydrazone groups is 1. The Morgan fingerprint density at radius 3 is 2.55 bits per heavy atom. The van der Waals surface area contributed by atoms with E-state index in [2.05, 4.69) is 39.1 Å². The summed E-state index contributed by atoms with van der Waals surface area (Å²) in [6, 6.07) is 22.4. The SMILES string of the molecule is CCOc1cccc2c1O[C@H](c1ccc(OC)cc1)N1N=C(c3ccc(Br)cc3)C[C@@H]21. The van der Waals surface area contributed by atoms with E-state index in [-0.39, 0.29) is 12.3 Å². The van der Waals surface area contributed by atoms with Crippen LogP contribution in [-0.2, 0) is 0 Å². The number of para-hydroxylation sites is 1. The van der Waals surface area contributed by atoms with Crippen LogP contribution in [0.25, 0.3) is 0 Å². The van der Waals surface area contributed by atoms with Crippen molar-refractivity contribution in [3.63, 3.8) is 0 Å². The molecule has 6 heteroatoms. The summed E-state index contributed by atoms with van der Waals surface area (Å²) in [6.45, 7) is 2.57. The highest BCUT2D eigenvalue weighted by Crippen LogP contribution is 2.50. The lowest BCUT2D eigenvalue weighted by Gasteiger charge is -2.38. The van der Waals surface area contributed by atoms with Crippen LogP contribution in [0.15, 0.2) is 76.3 Å². The highest BCUT2D eigenvalue weighted by atomic mass is 79.9. The molecule has 0 N–H and O–H groups in total. The maximum Gasteiger partial charge on any atom is 0.214 e. The first-order valence-electron chi connectivity index (χ1n) is 10.4. The van der Waals surface area contributed by atoms with Gasteiger partial charge in [0.25, 0.3) is 0 Å². The van der Waals surface area contributed by atoms with Gasteiger partial charge in [-0.05, 0) is 55.0 Å². The third-order valence-electron chi connectivity index (χ3n) is 5.66. The van der Waals surface area contributed by atoms with Crippen LogP contribution in [0.1, 0.15) is 42.3 Å². The Balaban J connectivity index is 1.59. The van der Waals surface area contributed by atoms with Crippen molar-refractivity contribution in [3.8, 4) is 17.2 Å². The number of rotatable bonds is 5. The largest absolute Gasteiger partial charge is 0.497 e. The molecular formula is C25H23BrN2O3. The quantitative estimate of drug-likeness (QED) is 0.444. The van der Waals surface area contributed by atoms with Crippen molar-refractivity contribution >= 4 is 21.6 Å². The first kappa shape index (κ1) is 19.9. The zero-order valence-electron chi connectivity index (χ0n) is 17.4. The third kappa shape index (κ3) is 3.65. The Morgan fingerprint density at radius 2 is 1.84 bits per heavy atom. The second-order valence-corrected chi connectivity index (χ2v) is 8.42. The Hall–Kier alpha value is -2.99. The van der Waals surface area contributed by atoms with Crippen LogP contribution >= 0.6 is 15.9 Å². The fourth-order valence-electron chi connectivity index (χ4n) is 4.16. The van der Waals surface area contributed by atoms with Gasteiger partial charge in [-0.15, -0.1) is 0 Å². The van der Waals surface area contributed by atoms with Crippen LogP contribution in [0.4, 0.5) is 0 Å². The molecule has 0 bridgehead atoms. The molecule has 0 aromatic heterocycles. The summed E-state index contributed by atoms with van der Waals surface area (Å²) in [5, 5.41) is 7.10. The average Bonchev–Trinajstić information content (AvgIpc) is 3.25. The van der Waals surface area contributed by atoms with E-state index in [0.717, 1.165) is 50.5 Å². The second kappa shape index (κ2) is 8.27. The van der Waals surface area contributed by atoms with Gasteiger partial charge in [-0.1, -0.05) is 40.2 Å². The molecule has 2 aliphatic heterocycles. The molecule has 0 amide bonds. The second-order valence-electron chi connectivity index (χ2n) is 7.50. The lowest BCUT2D eigenvalue weighted by molar-refractivity contribution is -0.0212. The topological polar surface area (TPSA) is 43.3 Å². The molecule has 0 unspecified atom stereocenters. The fourth-order valence-corrected chi connectivity index (χ4v) is 4.42. The van der Waals surface area contributed by atoms with Crippen LogP contribution in [0.2, 0.25) is 0 Å². The highest BCUT2D eigenvalue weighted by molar-refractivity contribution is 9.10. The van der Waals surface area contributed by atoms with E-state index in [9.17, 15) is 0 Å². The smallest absolute Gasteiger partial charge is 0.214 e. The van der Waals surface area contributed by atoms with Crippen molar-refractivity contribution in [1.29, 1.82) is 0 Å². The first-order chi connectivity index (χ1) is 15.2. The van der Waals surface area contributed by atoms with Crippen LogP contribution in [0.5, 0.6) is 17.2 Å². The summed E-state index contributed by atoms with van der Waals surface area (Å²) in [4.78, 5) is 0. The van der Waals surface area contributed by atoms with Crippen molar-refractivity contribution in [3.05, 3.63) is 87.9 Å². The molecule has 0 aliphatic carbocycles. The Kier molecular flexibility index (Phi) is 5.32. The number of hydrogen-bond acceptors (Lipinski definition) is 5. The van der Waals surface area contributed by atoms with Crippen LogP contribution in [0.3, 0.4) is 0 Å². The molecule has 0 saturated heterocycles. The van der Waals surface area contributed by atoms with E-state index in [4.69, 9.17) is 19.3 Å². The summed E-state index contributed by atoms with van der Waals surface area (Å²) in [6.07, 6.45) is 0.457. The molecule has 158 valence electrons. The number of methoxy groups -OCH3 is 1. The van der Waals surface area contributed by atoms with Gasteiger partial charge in [0.2, 0.25) is 6.23 Å². The van der Waals surface area contributed by atoms with E-state index in [0.29, 0.717) is 6.61 Å². The van der Waals surface area contributed by atoms with Crippen LogP contribution in [0, 0.1) is 0 Å². The number of hydrogen-bond donors (Lipinski definition) is 0. The number of benzene rings is 3. The summed E-state index contributed by atoms with van der Waals surface area (Å²) >= 11 is 3.52. The van der Waals surface area contributed by atoms with Gasteiger partial charge in [-0.2, -0.15) is 5.10 Å². The molecule has 31 heavy (non-hydrogen) atoms. The maximum atomic E-state index is 6.54. The third-order valence-corrected chi connectivity index (χ3v) is 6.19. The normalized spacial score (nSPS) is 19.2. The molecule has 3 aromatic carbocycles. The number of fused-ring (bicyclic) bond motifs is 3. The molecule has 0 radical (unpaired) electrons. The lowest BCUT2D eigenvalue weighted by Crippen LogP contribution is -2.33. The zero-order valence-corrected chi connectivity index (χ0v) is 19.0. The van der Waals surface area contributed by atoms with Crippen LogP contribution in [-0.4, -0.2) is 24.4 Å². The lowest BCUT2D eigenvalue weighted by atomic mass is 9.95. The number of halogens is 1. The fraction of sp³-hybridized carbons (Fsp3) is 0.240. The van der Waals surface area contributed by atoms with Gasteiger partial charge in [0.1, 0.15) is 5.75 Å². The van der Waals surface area contributed by atoms with Gasteiger partial charge in [-0.3, -0.25) is 0 Å². The van der Waals surface area contributed by atoms with Gasteiger partial charge in [0, 0.05) is 22.0 Å². The van der Waals surface area contributed by atoms with E-state index in [1.54, 1.807) is 7.11 Å². The van der Waals surface area contributed by atoms with Crippen molar-refractivity contribution in [2.75, 3.05) is 13.7 Å². The Bertz CT molecular complexity index is 1110. The number of ether oxygens (including phenoxy) is 3. The van der Waals surface area contributed by atoms with Gasteiger partial charge < -0.3 is 14.2 Å². The minimum atomic E-state index is -0.349. The van der Waals surface area contributed by atoms with Gasteiger partial charge in [-0.25, -0.2) is 5.01 Å². The molecular weight excluding hydrogens is 456 g/mol. The van der Waals surface area contributed by atoms with E-state index in [1.807, 2.05) is 55.5 Å². The Labute approximate surface area is 190 Å². The van der Waals surface area contributed by atoms with Crippen molar-refractivity contribution in [2.45, 2.75) is 25.6 Å². The maximum absolute atomic E-state index is 6.54. The molecule has 0 saturated carbocycles. The van der Waals surface area contributed by atoms with Gasteiger partial charge >= 0.3 is 0 Å². The molecule has 2 atom stereocenters. The molecule has 0 spiro atoms. The average molecular weight is 479 g/mol. The highest BCUT2D eigenvalue weighted by Gasteiger charge is 2.42. The van der Waals surface area contributed by atoms with Crippen molar-refractivity contribution < 1.29 is 14.2 Å². The molecule has 0 fully saturated rings. The van der Waals surface area contributed by atoms with Crippen LogP contribution < -0.4 is 14.2 Å². The summed E-state index contributed by atoms with van der Waals surface area (Å²) in [5.74, 6) is 2.39. The summed E-state index contributed by atoms with van der Waals surface area (Å²) in [5.41, 5.74) is 4.29. The van der Waals surface area contributed by atoms with Crippen molar-refractivity contribution in [2.24, 2.45) is 5.10 Å². The molecule has 5 rings (SSSR count). The summed E-state index contributed by atoms with van der Waals surface area (Å²) in [7, 11) is 1.67. The summed E-state index contributed by atoms with van der Waals surface area (Å²) < 4.78 is 18.8. The first-order valence-corrected chi connectivity index (χ1v) is 11.1. The van der Waals surface area contributed by atoms with E-state index < -0.39 is 0 Å². The predicted molar refractivity (Wildman–Crippen MR) is 124 cm³/mol. The van der Waals surface area contributed by atoms with Gasteiger partial charge in [0.15, 0.2) is 11.5 Å². The van der Waals surface area contributed by atoms with E-state index >= 15 is 0 Å². The molecule has 5 nitrogen and oxygen atoms in total. The van der Waals surface area contributed by atoms with E-state index in [1.165, 1.54) is 0 Å². The molecule has 3 aromatic rings. The predicted octanol–water partition coefficient (Wildman–Crippen LogP) is 6.10. The zero-order chi connectivity index (χ0) is 21.4. The van der Waals surface area contributed by atoms with Gasteiger partial charge in [0.05, 0.1) is 25.5 Å². The molecule has 2 aliphatic rings.